The first kappa shape index (κ1) is 15.8. The molecule has 1 rings (SSSR count). The predicted molar refractivity (Wildman–Crippen MR) is 74.0 cm³/mol. The Balaban J connectivity index is 2.43. The fourth-order valence-corrected chi connectivity index (χ4v) is 2.79. The molecule has 1 aliphatic carbocycles. The third kappa shape index (κ3) is 5.09. The second kappa shape index (κ2) is 7.36. The van der Waals surface area contributed by atoms with Crippen molar-refractivity contribution in [3.8, 4) is 0 Å². The van der Waals surface area contributed by atoms with Gasteiger partial charge < -0.3 is 15.7 Å². The number of aliphatic carboxylic acids is 1. The molecule has 0 saturated heterocycles. The summed E-state index contributed by atoms with van der Waals surface area (Å²) in [6.07, 6.45) is 4.39. The lowest BCUT2D eigenvalue weighted by molar-refractivity contribution is -0.139. The molecule has 1 fully saturated rings. The maximum absolute atomic E-state index is 11.8. The summed E-state index contributed by atoms with van der Waals surface area (Å²) in [6, 6.07) is -0.984. The van der Waals surface area contributed by atoms with E-state index < -0.39 is 12.0 Å². The number of carboxylic acids is 1. The summed E-state index contributed by atoms with van der Waals surface area (Å²) in [7, 11) is 0. The number of hydrogen-bond acceptors (Lipinski definition) is 2. The van der Waals surface area contributed by atoms with Gasteiger partial charge in [0.15, 0.2) is 0 Å². The van der Waals surface area contributed by atoms with Crippen molar-refractivity contribution in [2.75, 3.05) is 0 Å². The van der Waals surface area contributed by atoms with Gasteiger partial charge in [0.25, 0.3) is 0 Å². The van der Waals surface area contributed by atoms with Gasteiger partial charge in [-0.1, -0.05) is 27.2 Å². The Morgan fingerprint density at radius 2 is 2.00 bits per heavy atom. The summed E-state index contributed by atoms with van der Waals surface area (Å²) in [5, 5.41) is 14.5. The molecule has 3 unspecified atom stereocenters. The largest absolute Gasteiger partial charge is 0.480 e. The molecule has 0 radical (unpaired) electrons. The third-order valence-corrected chi connectivity index (χ3v) is 3.93. The zero-order valence-corrected chi connectivity index (χ0v) is 12.1. The molecule has 0 aromatic heterocycles. The molecule has 0 bridgehead atoms. The molecule has 0 spiro atoms. The Labute approximate surface area is 115 Å². The maximum atomic E-state index is 11.8. The summed E-state index contributed by atoms with van der Waals surface area (Å²) in [5.74, 6) is 0.189. The molecule has 2 amide bonds. The van der Waals surface area contributed by atoms with Gasteiger partial charge in [-0.2, -0.15) is 0 Å². The van der Waals surface area contributed by atoms with Crippen LogP contribution < -0.4 is 10.6 Å². The Morgan fingerprint density at radius 3 is 2.53 bits per heavy atom. The van der Waals surface area contributed by atoms with Crippen LogP contribution in [0.15, 0.2) is 0 Å². The quantitative estimate of drug-likeness (QED) is 0.717. The van der Waals surface area contributed by atoms with E-state index in [0.29, 0.717) is 18.3 Å². The van der Waals surface area contributed by atoms with Crippen LogP contribution in [-0.4, -0.2) is 29.2 Å². The summed E-state index contributed by atoms with van der Waals surface area (Å²) < 4.78 is 0. The van der Waals surface area contributed by atoms with E-state index >= 15 is 0 Å². The van der Waals surface area contributed by atoms with Crippen LogP contribution in [-0.2, 0) is 4.79 Å². The molecule has 19 heavy (non-hydrogen) atoms. The topological polar surface area (TPSA) is 78.4 Å². The van der Waals surface area contributed by atoms with Gasteiger partial charge >= 0.3 is 12.0 Å². The van der Waals surface area contributed by atoms with E-state index in [-0.39, 0.29) is 12.1 Å². The normalized spacial score (nSPS) is 28.5. The van der Waals surface area contributed by atoms with Gasteiger partial charge in [-0.25, -0.2) is 9.59 Å². The minimum atomic E-state index is -0.970. The molecule has 0 aliphatic heterocycles. The monoisotopic (exact) mass is 270 g/mol. The highest BCUT2D eigenvalue weighted by molar-refractivity contribution is 5.82. The van der Waals surface area contributed by atoms with E-state index in [1.807, 2.05) is 6.92 Å². The van der Waals surface area contributed by atoms with Crippen molar-refractivity contribution in [2.24, 2.45) is 11.8 Å². The second-order valence-corrected chi connectivity index (χ2v) is 5.80. The predicted octanol–water partition coefficient (Wildman–Crippen LogP) is 2.36. The maximum Gasteiger partial charge on any atom is 0.326 e. The van der Waals surface area contributed by atoms with E-state index in [0.717, 1.165) is 25.7 Å². The van der Waals surface area contributed by atoms with Crippen molar-refractivity contribution in [3.05, 3.63) is 0 Å². The molecule has 5 nitrogen and oxygen atoms in total. The number of carboxylic acid groups (broad SMARTS) is 1. The number of carbonyl (C=O) groups is 2. The minimum Gasteiger partial charge on any atom is -0.480 e. The number of hydrogen-bond donors (Lipinski definition) is 3. The Kier molecular flexibility index (Phi) is 6.12. The summed E-state index contributed by atoms with van der Waals surface area (Å²) in [5.41, 5.74) is 0. The lowest BCUT2D eigenvalue weighted by Crippen LogP contribution is -2.51. The molecular formula is C14H26N2O3. The minimum absolute atomic E-state index is 0.160. The van der Waals surface area contributed by atoms with Crippen LogP contribution in [0.2, 0.25) is 0 Å². The smallest absolute Gasteiger partial charge is 0.326 e. The van der Waals surface area contributed by atoms with Crippen molar-refractivity contribution in [3.63, 3.8) is 0 Å². The van der Waals surface area contributed by atoms with Crippen LogP contribution in [0.25, 0.3) is 0 Å². The van der Waals surface area contributed by atoms with Crippen LogP contribution >= 0.6 is 0 Å². The lowest BCUT2D eigenvalue weighted by Gasteiger charge is -2.33. The highest BCUT2D eigenvalue weighted by atomic mass is 16.4. The zero-order valence-electron chi connectivity index (χ0n) is 12.1. The first-order chi connectivity index (χ1) is 8.93. The van der Waals surface area contributed by atoms with Crippen LogP contribution in [0.5, 0.6) is 0 Å². The van der Waals surface area contributed by atoms with Gasteiger partial charge in [-0.3, -0.25) is 0 Å². The molecule has 1 aliphatic rings. The number of amides is 2. The number of carbonyl (C=O) groups excluding carboxylic acids is 1. The van der Waals surface area contributed by atoms with Crippen molar-refractivity contribution in [1.29, 1.82) is 0 Å². The zero-order chi connectivity index (χ0) is 14.4. The highest BCUT2D eigenvalue weighted by Gasteiger charge is 2.27. The van der Waals surface area contributed by atoms with Crippen LogP contribution in [0.1, 0.15) is 52.9 Å². The molecule has 0 aromatic carbocycles. The first-order valence-corrected chi connectivity index (χ1v) is 7.23. The highest BCUT2D eigenvalue weighted by Crippen LogP contribution is 2.28. The SMILES string of the molecule is CCC[C@H](NC(=O)NC1CCC(C)CC1C)C(=O)O. The van der Waals surface area contributed by atoms with Gasteiger partial charge in [0.1, 0.15) is 6.04 Å². The molecule has 110 valence electrons. The van der Waals surface area contributed by atoms with Crippen LogP contribution in [0.4, 0.5) is 4.79 Å². The van der Waals surface area contributed by atoms with Gasteiger partial charge in [-0.05, 0) is 37.5 Å². The Bertz CT molecular complexity index is 320. The molecule has 0 heterocycles. The van der Waals surface area contributed by atoms with Crippen molar-refractivity contribution in [2.45, 2.75) is 65.0 Å². The molecule has 5 heteroatoms. The third-order valence-electron chi connectivity index (χ3n) is 3.93. The van der Waals surface area contributed by atoms with E-state index in [4.69, 9.17) is 5.11 Å². The lowest BCUT2D eigenvalue weighted by atomic mass is 9.80. The fraction of sp³-hybridized carbons (Fsp3) is 0.857. The fourth-order valence-electron chi connectivity index (χ4n) is 2.79. The van der Waals surface area contributed by atoms with Crippen molar-refractivity contribution in [1.82, 2.24) is 10.6 Å². The van der Waals surface area contributed by atoms with Gasteiger partial charge in [-0.15, -0.1) is 0 Å². The summed E-state index contributed by atoms with van der Waals surface area (Å²) >= 11 is 0. The Morgan fingerprint density at radius 1 is 1.32 bits per heavy atom. The molecule has 0 aromatic rings. The van der Waals surface area contributed by atoms with Crippen molar-refractivity contribution < 1.29 is 14.7 Å². The Hall–Kier alpha value is -1.26. The molecular weight excluding hydrogens is 244 g/mol. The van der Waals surface area contributed by atoms with Crippen LogP contribution in [0, 0.1) is 11.8 Å². The number of nitrogens with one attached hydrogen (secondary N) is 2. The number of urea groups is 1. The molecule has 1 saturated carbocycles. The molecule has 3 N–H and O–H groups in total. The van der Waals surface area contributed by atoms with Crippen LogP contribution in [0.3, 0.4) is 0 Å². The van der Waals surface area contributed by atoms with E-state index in [1.165, 1.54) is 0 Å². The van der Waals surface area contributed by atoms with E-state index in [1.54, 1.807) is 0 Å². The molecule has 4 atom stereocenters. The van der Waals surface area contributed by atoms with E-state index in [9.17, 15) is 9.59 Å². The summed E-state index contributed by atoms with van der Waals surface area (Å²) in [4.78, 5) is 22.8. The average Bonchev–Trinajstić information content (AvgIpc) is 2.32. The summed E-state index contributed by atoms with van der Waals surface area (Å²) in [6.45, 7) is 6.27. The first-order valence-electron chi connectivity index (χ1n) is 7.23. The van der Waals surface area contributed by atoms with Crippen molar-refractivity contribution >= 4 is 12.0 Å². The van der Waals surface area contributed by atoms with Gasteiger partial charge in [0.05, 0.1) is 0 Å². The average molecular weight is 270 g/mol. The number of rotatable bonds is 5. The van der Waals surface area contributed by atoms with E-state index in [2.05, 4.69) is 24.5 Å². The van der Waals surface area contributed by atoms with Gasteiger partial charge in [0.2, 0.25) is 0 Å². The second-order valence-electron chi connectivity index (χ2n) is 5.80. The standard InChI is InChI=1S/C14H26N2O3/c1-4-5-12(13(17)18)16-14(19)15-11-7-6-9(2)8-10(11)3/h9-12H,4-8H2,1-3H3,(H,17,18)(H2,15,16,19)/t9?,10?,11?,12-/m0/s1. The van der Waals surface area contributed by atoms with Gasteiger partial charge in [0, 0.05) is 6.04 Å².